The zero-order valence-corrected chi connectivity index (χ0v) is 14.2. The fraction of sp³-hybridized carbons (Fsp3) is 0.471. The van der Waals surface area contributed by atoms with Gasteiger partial charge < -0.3 is 9.64 Å². The summed E-state index contributed by atoms with van der Waals surface area (Å²) in [6.07, 6.45) is 5.55. The van der Waals surface area contributed by atoms with Crippen molar-refractivity contribution in [3.8, 4) is 0 Å². The van der Waals surface area contributed by atoms with E-state index in [-0.39, 0.29) is 12.1 Å². The molecule has 0 N–H and O–H groups in total. The molecular weight excluding hydrogens is 344 g/mol. The quantitative estimate of drug-likeness (QED) is 0.607. The second kappa shape index (κ2) is 7.29. The van der Waals surface area contributed by atoms with Crippen LogP contribution >= 0.6 is 15.9 Å². The summed E-state index contributed by atoms with van der Waals surface area (Å²) < 4.78 is 6.30. The summed E-state index contributed by atoms with van der Waals surface area (Å²) in [5.74, 6) is -0.0715. The zero-order valence-electron chi connectivity index (χ0n) is 12.6. The third kappa shape index (κ3) is 4.11. The molecule has 5 heteroatoms. The van der Waals surface area contributed by atoms with Crippen molar-refractivity contribution in [3.05, 3.63) is 40.9 Å². The number of rotatable bonds is 4. The molecular formula is C17H21BrN2O2. The number of ether oxygens (including phenoxy) is 1. The predicted molar refractivity (Wildman–Crippen MR) is 91.0 cm³/mol. The van der Waals surface area contributed by atoms with Crippen molar-refractivity contribution in [1.82, 2.24) is 4.90 Å². The Kier molecular flexibility index (Phi) is 5.16. The molecule has 118 valence electrons. The SMILES string of the molecule is O=C1CCC(/C=C/CN2CCN(c3ccc(Br)cc3)CC2)O1. The number of anilines is 1. The van der Waals surface area contributed by atoms with Gasteiger partial charge in [-0.15, -0.1) is 0 Å². The number of carbonyl (C=O) groups is 1. The maximum atomic E-state index is 11.0. The van der Waals surface area contributed by atoms with Gasteiger partial charge in [0.05, 0.1) is 0 Å². The fourth-order valence-electron chi connectivity index (χ4n) is 2.88. The van der Waals surface area contributed by atoms with Crippen LogP contribution in [0.1, 0.15) is 12.8 Å². The lowest BCUT2D eigenvalue weighted by molar-refractivity contribution is -0.139. The van der Waals surface area contributed by atoms with Gasteiger partial charge in [0.1, 0.15) is 6.10 Å². The van der Waals surface area contributed by atoms with Gasteiger partial charge in [-0.25, -0.2) is 0 Å². The van der Waals surface area contributed by atoms with Crippen LogP contribution in [0.4, 0.5) is 5.69 Å². The summed E-state index contributed by atoms with van der Waals surface area (Å²) in [6.45, 7) is 5.15. The van der Waals surface area contributed by atoms with Crippen molar-refractivity contribution in [3.63, 3.8) is 0 Å². The van der Waals surface area contributed by atoms with E-state index in [0.29, 0.717) is 6.42 Å². The second-order valence-electron chi connectivity index (χ2n) is 5.76. The molecule has 4 nitrogen and oxygen atoms in total. The zero-order chi connectivity index (χ0) is 15.4. The molecule has 0 saturated carbocycles. The van der Waals surface area contributed by atoms with Crippen LogP contribution in [0.3, 0.4) is 0 Å². The van der Waals surface area contributed by atoms with Crippen molar-refractivity contribution >= 4 is 27.6 Å². The minimum absolute atomic E-state index is 0.00319. The maximum absolute atomic E-state index is 11.0. The molecule has 2 saturated heterocycles. The Hall–Kier alpha value is -1.33. The number of halogens is 1. The van der Waals surface area contributed by atoms with Gasteiger partial charge in [-0.3, -0.25) is 9.69 Å². The standard InChI is InChI=1S/C17H21BrN2O2/c18-14-3-5-15(6-4-14)20-12-10-19(11-13-20)9-1-2-16-7-8-17(21)22-16/h1-6,16H,7-13H2/b2-1+. The molecule has 2 heterocycles. The van der Waals surface area contributed by atoms with Gasteiger partial charge in [0.15, 0.2) is 0 Å². The first kappa shape index (κ1) is 15.6. The Labute approximate surface area is 139 Å². The van der Waals surface area contributed by atoms with Crippen LogP contribution in [0.15, 0.2) is 40.9 Å². The smallest absolute Gasteiger partial charge is 0.306 e. The molecule has 1 aromatic carbocycles. The summed E-state index contributed by atoms with van der Waals surface area (Å²) in [6, 6.07) is 8.50. The Morgan fingerprint density at radius 1 is 1.18 bits per heavy atom. The first-order chi connectivity index (χ1) is 10.7. The largest absolute Gasteiger partial charge is 0.458 e. The highest BCUT2D eigenvalue weighted by atomic mass is 79.9. The van der Waals surface area contributed by atoms with E-state index in [1.165, 1.54) is 5.69 Å². The van der Waals surface area contributed by atoms with E-state index in [1.54, 1.807) is 0 Å². The van der Waals surface area contributed by atoms with E-state index >= 15 is 0 Å². The molecule has 0 radical (unpaired) electrons. The van der Waals surface area contributed by atoms with Crippen LogP contribution in [-0.4, -0.2) is 49.7 Å². The molecule has 1 unspecified atom stereocenters. The van der Waals surface area contributed by atoms with Gasteiger partial charge in [0.25, 0.3) is 0 Å². The molecule has 1 aromatic rings. The third-order valence-corrected chi connectivity index (χ3v) is 4.72. The normalized spacial score (nSPS) is 23.2. The summed E-state index contributed by atoms with van der Waals surface area (Å²) in [5.41, 5.74) is 1.29. The first-order valence-electron chi connectivity index (χ1n) is 7.80. The van der Waals surface area contributed by atoms with Crippen LogP contribution < -0.4 is 4.90 Å². The molecule has 3 rings (SSSR count). The lowest BCUT2D eigenvalue weighted by Gasteiger charge is -2.35. The lowest BCUT2D eigenvalue weighted by Crippen LogP contribution is -2.46. The highest BCUT2D eigenvalue weighted by molar-refractivity contribution is 9.10. The van der Waals surface area contributed by atoms with E-state index in [0.717, 1.165) is 43.6 Å². The minimum atomic E-state index is -0.0715. The van der Waals surface area contributed by atoms with Crippen LogP contribution in [0.2, 0.25) is 0 Å². The Balaban J connectivity index is 1.43. The van der Waals surface area contributed by atoms with Gasteiger partial charge in [-0.2, -0.15) is 0 Å². The number of hydrogen-bond donors (Lipinski definition) is 0. The maximum Gasteiger partial charge on any atom is 0.306 e. The predicted octanol–water partition coefficient (Wildman–Crippen LogP) is 2.83. The molecule has 0 spiro atoms. The average molecular weight is 365 g/mol. The van der Waals surface area contributed by atoms with E-state index < -0.39 is 0 Å². The van der Waals surface area contributed by atoms with Gasteiger partial charge in [0, 0.05) is 49.3 Å². The molecule has 2 aliphatic heterocycles. The van der Waals surface area contributed by atoms with Gasteiger partial charge >= 0.3 is 5.97 Å². The Morgan fingerprint density at radius 3 is 2.55 bits per heavy atom. The number of carbonyl (C=O) groups excluding carboxylic acids is 1. The highest BCUT2D eigenvalue weighted by Crippen LogP contribution is 2.20. The van der Waals surface area contributed by atoms with Crippen LogP contribution in [0, 0.1) is 0 Å². The van der Waals surface area contributed by atoms with Crippen molar-refractivity contribution in [1.29, 1.82) is 0 Å². The Bertz CT molecular complexity index is 536. The van der Waals surface area contributed by atoms with E-state index in [9.17, 15) is 4.79 Å². The van der Waals surface area contributed by atoms with Crippen molar-refractivity contribution in [2.45, 2.75) is 18.9 Å². The third-order valence-electron chi connectivity index (χ3n) is 4.19. The summed E-state index contributed by atoms with van der Waals surface area (Å²) in [4.78, 5) is 15.9. The summed E-state index contributed by atoms with van der Waals surface area (Å²) in [7, 11) is 0. The number of nitrogens with zero attached hydrogens (tertiary/aromatic N) is 2. The molecule has 0 bridgehead atoms. The Morgan fingerprint density at radius 2 is 1.91 bits per heavy atom. The average Bonchev–Trinajstić information content (AvgIpc) is 2.94. The molecule has 0 aliphatic carbocycles. The van der Waals surface area contributed by atoms with Crippen LogP contribution in [0.5, 0.6) is 0 Å². The van der Waals surface area contributed by atoms with Gasteiger partial charge in [-0.1, -0.05) is 22.0 Å². The number of cyclic esters (lactones) is 1. The number of hydrogen-bond acceptors (Lipinski definition) is 4. The molecule has 2 aliphatic rings. The summed E-state index contributed by atoms with van der Waals surface area (Å²) >= 11 is 3.47. The number of esters is 1. The molecule has 0 aromatic heterocycles. The number of piperazine rings is 1. The van der Waals surface area contributed by atoms with Crippen LogP contribution in [-0.2, 0) is 9.53 Å². The number of benzene rings is 1. The van der Waals surface area contributed by atoms with Gasteiger partial charge in [0.2, 0.25) is 0 Å². The minimum Gasteiger partial charge on any atom is -0.458 e. The topological polar surface area (TPSA) is 32.8 Å². The lowest BCUT2D eigenvalue weighted by atomic mass is 10.2. The van der Waals surface area contributed by atoms with Crippen molar-refractivity contribution < 1.29 is 9.53 Å². The highest BCUT2D eigenvalue weighted by Gasteiger charge is 2.21. The first-order valence-corrected chi connectivity index (χ1v) is 8.59. The van der Waals surface area contributed by atoms with Crippen molar-refractivity contribution in [2.75, 3.05) is 37.6 Å². The molecule has 0 amide bonds. The molecule has 1 atom stereocenters. The second-order valence-corrected chi connectivity index (χ2v) is 6.67. The molecule has 22 heavy (non-hydrogen) atoms. The van der Waals surface area contributed by atoms with E-state index in [4.69, 9.17) is 4.74 Å². The van der Waals surface area contributed by atoms with Gasteiger partial charge in [-0.05, 0) is 36.8 Å². The fourth-order valence-corrected chi connectivity index (χ4v) is 3.15. The van der Waals surface area contributed by atoms with E-state index in [1.807, 2.05) is 6.08 Å². The monoisotopic (exact) mass is 364 g/mol. The van der Waals surface area contributed by atoms with Crippen molar-refractivity contribution in [2.24, 2.45) is 0 Å². The van der Waals surface area contributed by atoms with E-state index in [2.05, 4.69) is 56.1 Å². The molecule has 2 fully saturated rings. The van der Waals surface area contributed by atoms with Crippen LogP contribution in [0.25, 0.3) is 0 Å². The summed E-state index contributed by atoms with van der Waals surface area (Å²) in [5, 5.41) is 0.